The quantitative estimate of drug-likeness (QED) is 0.667. The van der Waals surface area contributed by atoms with Crippen molar-refractivity contribution in [2.24, 2.45) is 29.1 Å². The van der Waals surface area contributed by atoms with Crippen LogP contribution in [0.15, 0.2) is 36.4 Å². The number of carbonyl (C=O) groups excluding carboxylic acids is 3. The Morgan fingerprint density at radius 2 is 1.58 bits per heavy atom. The highest BCUT2D eigenvalue weighted by atomic mass is 16.2. The van der Waals surface area contributed by atoms with Gasteiger partial charge in [0.2, 0.25) is 0 Å². The standard InChI is InChI=1S/C19H18N2O3/c1-10-2-4-11(5-3-10)16(22)20-21-17(23)14-12-6-7-13(15(14)18(21)24)19(12)8-9-19/h2-7,12-15H,8-9H2,1H3,(H,20,22)/t12-,13-,14-,15-/m0/s1. The van der Waals surface area contributed by atoms with Crippen molar-refractivity contribution in [3.8, 4) is 0 Å². The van der Waals surface area contributed by atoms with Crippen molar-refractivity contribution in [3.05, 3.63) is 47.5 Å². The summed E-state index contributed by atoms with van der Waals surface area (Å²) in [7, 11) is 0. The number of hydrogen-bond acceptors (Lipinski definition) is 3. The zero-order chi connectivity index (χ0) is 16.6. The van der Waals surface area contributed by atoms with E-state index in [4.69, 9.17) is 0 Å². The van der Waals surface area contributed by atoms with E-state index in [2.05, 4.69) is 17.6 Å². The zero-order valence-corrected chi connectivity index (χ0v) is 13.4. The van der Waals surface area contributed by atoms with Gasteiger partial charge in [0.1, 0.15) is 0 Å². The lowest BCUT2D eigenvalue weighted by molar-refractivity contribution is -0.144. The summed E-state index contributed by atoms with van der Waals surface area (Å²) in [6.45, 7) is 1.94. The number of rotatable bonds is 2. The number of benzene rings is 1. The number of amides is 3. The van der Waals surface area contributed by atoms with Gasteiger partial charge >= 0.3 is 0 Å². The van der Waals surface area contributed by atoms with Crippen LogP contribution in [-0.2, 0) is 9.59 Å². The molecule has 1 aromatic rings. The van der Waals surface area contributed by atoms with Crippen LogP contribution in [0.2, 0.25) is 0 Å². The van der Waals surface area contributed by atoms with Crippen molar-refractivity contribution in [2.75, 3.05) is 0 Å². The van der Waals surface area contributed by atoms with Crippen molar-refractivity contribution in [1.82, 2.24) is 10.4 Å². The number of allylic oxidation sites excluding steroid dienone is 2. The van der Waals surface area contributed by atoms with E-state index in [1.54, 1.807) is 12.1 Å². The van der Waals surface area contributed by atoms with Gasteiger partial charge in [-0.25, -0.2) is 0 Å². The maximum Gasteiger partial charge on any atom is 0.270 e. The van der Waals surface area contributed by atoms with Crippen molar-refractivity contribution < 1.29 is 14.4 Å². The van der Waals surface area contributed by atoms with E-state index in [0.717, 1.165) is 23.4 Å². The Bertz CT molecular complexity index is 772. The van der Waals surface area contributed by atoms with Gasteiger partial charge < -0.3 is 0 Å². The third-order valence-electron chi connectivity index (χ3n) is 6.38. The van der Waals surface area contributed by atoms with Gasteiger partial charge in [0.25, 0.3) is 17.7 Å². The molecule has 24 heavy (non-hydrogen) atoms. The Morgan fingerprint density at radius 3 is 2.08 bits per heavy atom. The summed E-state index contributed by atoms with van der Waals surface area (Å²) in [5.41, 5.74) is 4.19. The number of hydrogen-bond donors (Lipinski definition) is 1. The highest BCUT2D eigenvalue weighted by molar-refractivity contribution is 6.09. The van der Waals surface area contributed by atoms with Gasteiger partial charge in [-0.2, -0.15) is 5.01 Å². The van der Waals surface area contributed by atoms with Crippen LogP contribution < -0.4 is 5.43 Å². The summed E-state index contributed by atoms with van der Waals surface area (Å²) in [5.74, 6) is -1.13. The van der Waals surface area contributed by atoms with E-state index >= 15 is 0 Å². The number of nitrogens with one attached hydrogen (secondary N) is 1. The summed E-state index contributed by atoms with van der Waals surface area (Å²) in [5, 5.41) is 0.972. The minimum Gasteiger partial charge on any atom is -0.272 e. The van der Waals surface area contributed by atoms with Crippen LogP contribution in [0.1, 0.15) is 28.8 Å². The van der Waals surface area contributed by atoms with Crippen LogP contribution in [0.25, 0.3) is 0 Å². The third-order valence-corrected chi connectivity index (χ3v) is 6.38. The van der Waals surface area contributed by atoms with Crippen molar-refractivity contribution in [1.29, 1.82) is 0 Å². The first kappa shape index (κ1) is 14.0. The smallest absolute Gasteiger partial charge is 0.270 e. The fraction of sp³-hybridized carbons (Fsp3) is 0.421. The average Bonchev–Trinajstić information content (AvgIpc) is 3.18. The van der Waals surface area contributed by atoms with E-state index in [0.29, 0.717) is 5.56 Å². The number of aryl methyl sites for hydroxylation is 1. The number of carbonyl (C=O) groups is 3. The molecule has 5 nitrogen and oxygen atoms in total. The molecule has 2 bridgehead atoms. The molecule has 2 saturated carbocycles. The van der Waals surface area contributed by atoms with Crippen LogP contribution in [0.4, 0.5) is 0 Å². The molecule has 1 spiro atoms. The fourth-order valence-electron chi connectivity index (χ4n) is 5.06. The summed E-state index contributed by atoms with van der Waals surface area (Å²) in [6.07, 6.45) is 6.46. The Labute approximate surface area is 139 Å². The van der Waals surface area contributed by atoms with Crippen molar-refractivity contribution in [3.63, 3.8) is 0 Å². The third kappa shape index (κ3) is 1.57. The van der Waals surface area contributed by atoms with Gasteiger partial charge in [-0.15, -0.1) is 0 Å². The Kier molecular flexibility index (Phi) is 2.53. The molecule has 0 unspecified atom stereocenters. The maximum absolute atomic E-state index is 12.8. The van der Waals surface area contributed by atoms with E-state index < -0.39 is 5.91 Å². The van der Waals surface area contributed by atoms with Gasteiger partial charge in [0.05, 0.1) is 11.8 Å². The Balaban J connectivity index is 1.39. The van der Waals surface area contributed by atoms with Crippen LogP contribution in [0.3, 0.4) is 0 Å². The van der Waals surface area contributed by atoms with Crippen LogP contribution in [0.5, 0.6) is 0 Å². The maximum atomic E-state index is 12.8. The second-order valence-electron chi connectivity index (χ2n) is 7.54. The summed E-state index contributed by atoms with van der Waals surface area (Å²) < 4.78 is 0. The molecular formula is C19H18N2O3. The number of fused-ring (bicyclic) bond motifs is 3. The molecule has 5 rings (SSSR count). The normalized spacial score (nSPS) is 34.1. The number of imide groups is 1. The predicted molar refractivity (Wildman–Crippen MR) is 85.3 cm³/mol. The van der Waals surface area contributed by atoms with Crippen molar-refractivity contribution >= 4 is 17.7 Å². The first-order valence-electron chi connectivity index (χ1n) is 8.47. The van der Waals surface area contributed by atoms with E-state index in [-0.39, 0.29) is 40.9 Å². The monoisotopic (exact) mass is 322 g/mol. The minimum atomic E-state index is -0.418. The second-order valence-corrected chi connectivity index (χ2v) is 7.54. The van der Waals surface area contributed by atoms with Crippen LogP contribution in [-0.4, -0.2) is 22.7 Å². The summed E-state index contributed by atoms with van der Waals surface area (Å²) in [6, 6.07) is 7.05. The van der Waals surface area contributed by atoms with Gasteiger partial charge in [0, 0.05) is 5.56 Å². The highest BCUT2D eigenvalue weighted by Crippen LogP contribution is 2.73. The van der Waals surface area contributed by atoms with Crippen molar-refractivity contribution in [2.45, 2.75) is 19.8 Å². The molecule has 4 atom stereocenters. The van der Waals surface area contributed by atoms with E-state index in [9.17, 15) is 14.4 Å². The predicted octanol–water partition coefficient (Wildman–Crippen LogP) is 1.84. The lowest BCUT2D eigenvalue weighted by Crippen LogP contribution is -2.47. The lowest BCUT2D eigenvalue weighted by Gasteiger charge is -2.22. The van der Waals surface area contributed by atoms with Gasteiger partial charge in [-0.3, -0.25) is 19.8 Å². The van der Waals surface area contributed by atoms with Crippen LogP contribution in [0, 0.1) is 36.0 Å². The SMILES string of the molecule is Cc1ccc(C(=O)NN2C(=O)[C@@H]3[C@@H](C2=O)[C@@H]2C=C[C@@H]3C23CC3)cc1. The minimum absolute atomic E-state index is 0.172. The second kappa shape index (κ2) is 4.35. The van der Waals surface area contributed by atoms with Gasteiger partial charge in [-0.05, 0) is 49.1 Å². The molecule has 4 aliphatic rings. The molecule has 1 N–H and O–H groups in total. The topological polar surface area (TPSA) is 66.5 Å². The fourth-order valence-corrected chi connectivity index (χ4v) is 5.06. The molecule has 1 aromatic carbocycles. The molecule has 3 amide bonds. The zero-order valence-electron chi connectivity index (χ0n) is 13.4. The highest BCUT2D eigenvalue weighted by Gasteiger charge is 2.73. The molecule has 1 saturated heterocycles. The van der Waals surface area contributed by atoms with Gasteiger partial charge in [0.15, 0.2) is 0 Å². The number of hydrazine groups is 1. The summed E-state index contributed by atoms with van der Waals surface area (Å²) in [4.78, 5) is 37.9. The molecule has 1 aliphatic heterocycles. The molecule has 3 aliphatic carbocycles. The lowest BCUT2D eigenvalue weighted by atomic mass is 9.85. The molecular weight excluding hydrogens is 304 g/mol. The van der Waals surface area contributed by atoms with Gasteiger partial charge in [-0.1, -0.05) is 29.8 Å². The molecule has 1 heterocycles. The Hall–Kier alpha value is -2.43. The molecule has 0 aromatic heterocycles. The first-order chi connectivity index (χ1) is 11.5. The van der Waals surface area contributed by atoms with E-state index in [1.165, 1.54) is 0 Å². The molecule has 122 valence electrons. The Morgan fingerprint density at radius 1 is 1.04 bits per heavy atom. The molecule has 3 fully saturated rings. The molecule has 5 heteroatoms. The summed E-state index contributed by atoms with van der Waals surface area (Å²) >= 11 is 0. The molecule has 0 radical (unpaired) electrons. The van der Waals surface area contributed by atoms with E-state index in [1.807, 2.05) is 19.1 Å². The first-order valence-corrected chi connectivity index (χ1v) is 8.47. The number of nitrogens with zero attached hydrogens (tertiary/aromatic N) is 1. The largest absolute Gasteiger partial charge is 0.272 e. The van der Waals surface area contributed by atoms with Crippen LogP contribution >= 0.6 is 0 Å². The average molecular weight is 322 g/mol.